The summed E-state index contributed by atoms with van der Waals surface area (Å²) in [7, 11) is 0. The predicted molar refractivity (Wildman–Crippen MR) is 74.2 cm³/mol. The van der Waals surface area contributed by atoms with Crippen molar-refractivity contribution in [1.29, 1.82) is 0 Å². The Hall–Kier alpha value is -1.09. The Kier molecular flexibility index (Phi) is 4.15. The van der Waals surface area contributed by atoms with E-state index in [0.717, 1.165) is 12.2 Å². The van der Waals surface area contributed by atoms with Crippen LogP contribution >= 0.6 is 0 Å². The lowest BCUT2D eigenvalue weighted by atomic mass is 10.1. The van der Waals surface area contributed by atoms with Crippen molar-refractivity contribution in [2.45, 2.75) is 59.2 Å². The number of rotatable bonds is 3. The van der Waals surface area contributed by atoms with Crippen LogP contribution in [-0.2, 0) is 6.54 Å². The molecule has 0 saturated heterocycles. The molecule has 0 amide bonds. The molecule has 0 unspecified atom stereocenters. The molecule has 0 saturated carbocycles. The third-order valence-corrected chi connectivity index (χ3v) is 2.22. The van der Waals surface area contributed by atoms with Crippen LogP contribution < -0.4 is 10.6 Å². The largest absolute Gasteiger partial charge is 0.380 e. The van der Waals surface area contributed by atoms with Crippen molar-refractivity contribution >= 4 is 5.69 Å². The highest BCUT2D eigenvalue weighted by molar-refractivity contribution is 5.51. The zero-order valence-electron chi connectivity index (χ0n) is 11.9. The number of nitrogens with zero attached hydrogens (tertiary/aromatic N) is 1. The third kappa shape index (κ3) is 5.68. The molecular formula is C14H25N3. The number of aromatic nitrogens is 1. The van der Waals surface area contributed by atoms with Gasteiger partial charge in [-0.15, -0.1) is 0 Å². The minimum atomic E-state index is 0.0673. The monoisotopic (exact) mass is 235 g/mol. The summed E-state index contributed by atoms with van der Waals surface area (Å²) in [5.74, 6) is 0. The van der Waals surface area contributed by atoms with Crippen molar-refractivity contribution < 1.29 is 0 Å². The highest BCUT2D eigenvalue weighted by Gasteiger charge is 2.14. The zero-order valence-corrected chi connectivity index (χ0v) is 11.9. The van der Waals surface area contributed by atoms with Crippen molar-refractivity contribution in [3.63, 3.8) is 0 Å². The second-order valence-corrected chi connectivity index (χ2v) is 6.51. The minimum absolute atomic E-state index is 0.0673. The molecule has 3 nitrogen and oxygen atoms in total. The van der Waals surface area contributed by atoms with Crippen LogP contribution in [-0.4, -0.2) is 16.1 Å². The molecule has 0 fully saturated rings. The van der Waals surface area contributed by atoms with E-state index in [-0.39, 0.29) is 11.1 Å². The van der Waals surface area contributed by atoms with Crippen LogP contribution in [0, 0.1) is 0 Å². The highest BCUT2D eigenvalue weighted by atomic mass is 15.0. The molecule has 0 aliphatic carbocycles. The van der Waals surface area contributed by atoms with Crippen LogP contribution in [0.15, 0.2) is 18.5 Å². The fourth-order valence-electron chi connectivity index (χ4n) is 1.45. The van der Waals surface area contributed by atoms with E-state index < -0.39 is 0 Å². The first kappa shape index (κ1) is 14.0. The molecule has 0 aliphatic rings. The van der Waals surface area contributed by atoms with Gasteiger partial charge in [-0.1, -0.05) is 0 Å². The number of anilines is 1. The van der Waals surface area contributed by atoms with Gasteiger partial charge in [0.25, 0.3) is 0 Å². The van der Waals surface area contributed by atoms with Crippen molar-refractivity contribution in [2.24, 2.45) is 0 Å². The standard InChI is InChI=1S/C14H25N3/c1-13(2,3)16-10-11-9-15-8-7-12(11)17-14(4,5)6/h7-9,16H,10H2,1-6H3,(H,15,17). The SMILES string of the molecule is CC(C)(C)NCc1cnccc1NC(C)(C)C. The van der Waals surface area contributed by atoms with Crippen molar-refractivity contribution in [2.75, 3.05) is 5.32 Å². The molecule has 2 N–H and O–H groups in total. The third-order valence-electron chi connectivity index (χ3n) is 2.22. The van der Waals surface area contributed by atoms with E-state index in [4.69, 9.17) is 0 Å². The number of hydrogen-bond acceptors (Lipinski definition) is 3. The van der Waals surface area contributed by atoms with Gasteiger partial charge in [0.05, 0.1) is 0 Å². The van der Waals surface area contributed by atoms with Crippen LogP contribution in [0.1, 0.15) is 47.1 Å². The van der Waals surface area contributed by atoms with Crippen LogP contribution in [0.4, 0.5) is 5.69 Å². The Morgan fingerprint density at radius 3 is 2.24 bits per heavy atom. The topological polar surface area (TPSA) is 37.0 Å². The molecule has 0 aliphatic heterocycles. The van der Waals surface area contributed by atoms with E-state index in [1.165, 1.54) is 5.56 Å². The van der Waals surface area contributed by atoms with E-state index in [1.807, 2.05) is 18.5 Å². The Morgan fingerprint density at radius 1 is 1.06 bits per heavy atom. The van der Waals surface area contributed by atoms with Gasteiger partial charge in [-0.3, -0.25) is 4.98 Å². The molecule has 17 heavy (non-hydrogen) atoms. The second-order valence-electron chi connectivity index (χ2n) is 6.51. The Morgan fingerprint density at radius 2 is 1.71 bits per heavy atom. The Balaban J connectivity index is 2.78. The first-order valence-electron chi connectivity index (χ1n) is 6.13. The van der Waals surface area contributed by atoms with E-state index >= 15 is 0 Å². The molecule has 1 aromatic heterocycles. The number of hydrogen-bond donors (Lipinski definition) is 2. The van der Waals surface area contributed by atoms with E-state index in [2.05, 4.69) is 57.2 Å². The van der Waals surface area contributed by atoms with Crippen LogP contribution in [0.25, 0.3) is 0 Å². The number of nitrogens with one attached hydrogen (secondary N) is 2. The summed E-state index contributed by atoms with van der Waals surface area (Å²) in [4.78, 5) is 4.20. The van der Waals surface area contributed by atoms with Gasteiger partial charge in [-0.25, -0.2) is 0 Å². The lowest BCUT2D eigenvalue weighted by Crippen LogP contribution is -2.35. The highest BCUT2D eigenvalue weighted by Crippen LogP contribution is 2.19. The molecular weight excluding hydrogens is 210 g/mol. The second kappa shape index (κ2) is 5.05. The summed E-state index contributed by atoms with van der Waals surface area (Å²) < 4.78 is 0. The summed E-state index contributed by atoms with van der Waals surface area (Å²) in [6.07, 6.45) is 3.75. The molecule has 0 bridgehead atoms. The maximum atomic E-state index is 4.20. The summed E-state index contributed by atoms with van der Waals surface area (Å²) >= 11 is 0. The summed E-state index contributed by atoms with van der Waals surface area (Å²) in [5.41, 5.74) is 2.55. The normalized spacial score (nSPS) is 12.6. The molecule has 1 rings (SSSR count). The first-order valence-corrected chi connectivity index (χ1v) is 6.13. The van der Waals surface area contributed by atoms with Gasteiger partial charge < -0.3 is 10.6 Å². The van der Waals surface area contributed by atoms with Crippen LogP contribution in [0.5, 0.6) is 0 Å². The molecule has 1 heterocycles. The fraction of sp³-hybridized carbons (Fsp3) is 0.643. The van der Waals surface area contributed by atoms with Gasteiger partial charge in [0.2, 0.25) is 0 Å². The predicted octanol–water partition coefficient (Wildman–Crippen LogP) is 3.18. The molecule has 0 spiro atoms. The Labute approximate surface area is 105 Å². The summed E-state index contributed by atoms with van der Waals surface area (Å²) in [6, 6.07) is 2.03. The van der Waals surface area contributed by atoms with Gasteiger partial charge in [0.15, 0.2) is 0 Å². The maximum absolute atomic E-state index is 4.20. The quantitative estimate of drug-likeness (QED) is 0.845. The van der Waals surface area contributed by atoms with Gasteiger partial charge in [-0.05, 0) is 47.6 Å². The van der Waals surface area contributed by atoms with Crippen molar-refractivity contribution in [1.82, 2.24) is 10.3 Å². The molecule has 3 heteroatoms. The zero-order chi connectivity index (χ0) is 13.1. The van der Waals surface area contributed by atoms with Gasteiger partial charge in [0, 0.05) is 41.3 Å². The maximum Gasteiger partial charge on any atom is 0.0420 e. The summed E-state index contributed by atoms with van der Waals surface area (Å²) in [5, 5.41) is 6.99. The van der Waals surface area contributed by atoms with Gasteiger partial charge >= 0.3 is 0 Å². The van der Waals surface area contributed by atoms with Crippen molar-refractivity contribution in [3.8, 4) is 0 Å². The van der Waals surface area contributed by atoms with E-state index in [0.29, 0.717) is 0 Å². The van der Waals surface area contributed by atoms with E-state index in [9.17, 15) is 0 Å². The minimum Gasteiger partial charge on any atom is -0.380 e. The number of pyridine rings is 1. The molecule has 96 valence electrons. The first-order chi connectivity index (χ1) is 7.67. The average Bonchev–Trinajstić information content (AvgIpc) is 2.12. The van der Waals surface area contributed by atoms with Crippen LogP contribution in [0.2, 0.25) is 0 Å². The lowest BCUT2D eigenvalue weighted by Gasteiger charge is -2.26. The molecule has 0 radical (unpaired) electrons. The Bertz CT molecular complexity index is 358. The van der Waals surface area contributed by atoms with Gasteiger partial charge in [-0.2, -0.15) is 0 Å². The average molecular weight is 235 g/mol. The van der Waals surface area contributed by atoms with E-state index in [1.54, 1.807) is 0 Å². The molecule has 0 aromatic carbocycles. The molecule has 0 atom stereocenters. The van der Waals surface area contributed by atoms with Gasteiger partial charge in [0.1, 0.15) is 0 Å². The van der Waals surface area contributed by atoms with Crippen molar-refractivity contribution in [3.05, 3.63) is 24.0 Å². The lowest BCUT2D eigenvalue weighted by molar-refractivity contribution is 0.424. The molecule has 1 aromatic rings. The fourth-order valence-corrected chi connectivity index (χ4v) is 1.45. The summed E-state index contributed by atoms with van der Waals surface area (Å²) in [6.45, 7) is 13.8. The van der Waals surface area contributed by atoms with Crippen LogP contribution in [0.3, 0.4) is 0 Å². The smallest absolute Gasteiger partial charge is 0.0420 e.